The third-order valence-corrected chi connectivity index (χ3v) is 2.87. The van der Waals surface area contributed by atoms with E-state index in [-0.39, 0.29) is 0 Å². The third kappa shape index (κ3) is 3.22. The van der Waals surface area contributed by atoms with E-state index in [0.29, 0.717) is 0 Å². The zero-order valence-corrected chi connectivity index (χ0v) is 11.7. The van der Waals surface area contributed by atoms with Gasteiger partial charge in [-0.25, -0.2) is 0 Å². The van der Waals surface area contributed by atoms with Crippen LogP contribution in [0.2, 0.25) is 0 Å². The number of alkyl halides is 18. The molecule has 19 heteroatoms. The Balaban J connectivity index is 6.68. The first-order chi connectivity index (χ1) is 11.7. The van der Waals surface area contributed by atoms with Crippen molar-refractivity contribution < 1.29 is 83.8 Å². The molecular formula is C9F18O. The average Bonchev–Trinajstić information content (AvgIpc) is 2.42. The summed E-state index contributed by atoms with van der Waals surface area (Å²) in [6.45, 7) is 0. The van der Waals surface area contributed by atoms with E-state index in [2.05, 4.69) is 0 Å². The van der Waals surface area contributed by atoms with Gasteiger partial charge in [-0.05, 0) is 0 Å². The summed E-state index contributed by atoms with van der Waals surface area (Å²) in [5.41, 5.74) is 0. The van der Waals surface area contributed by atoms with Gasteiger partial charge in [-0.2, -0.15) is 79.0 Å². The molecule has 1 nitrogen and oxygen atoms in total. The number of carbonyl (C=O) groups excluding carboxylic acids is 1. The molecule has 0 aromatic heterocycles. The molecule has 0 saturated heterocycles. The lowest BCUT2D eigenvalue weighted by atomic mass is 9.89. The highest BCUT2D eigenvalue weighted by atomic mass is 19.4. The first-order valence-corrected chi connectivity index (χ1v) is 5.61. The second kappa shape index (κ2) is 6.20. The van der Waals surface area contributed by atoms with E-state index in [1.165, 1.54) is 0 Å². The van der Waals surface area contributed by atoms with Crippen molar-refractivity contribution in [3.05, 3.63) is 0 Å². The van der Waals surface area contributed by atoms with Gasteiger partial charge >= 0.3 is 53.7 Å². The molecular weight excluding hydrogens is 466 g/mol. The smallest absolute Gasteiger partial charge is 0.282 e. The molecule has 0 amide bonds. The molecule has 0 fully saturated rings. The van der Waals surface area contributed by atoms with Crippen LogP contribution >= 0.6 is 0 Å². The first kappa shape index (κ1) is 26.4. The third-order valence-electron chi connectivity index (χ3n) is 2.87. The SMILES string of the molecule is O=C(C(F)(F)F)C(F)(F)C(F)(F)C(F)(F)C(F)(F)C(F)(F)C(F)(F)C(F)(F)F. The number of hydrogen-bond acceptors (Lipinski definition) is 1. The van der Waals surface area contributed by atoms with Crippen molar-refractivity contribution in [3.63, 3.8) is 0 Å². The monoisotopic (exact) mass is 466 g/mol. The second-order valence-corrected chi connectivity index (χ2v) is 4.77. The van der Waals surface area contributed by atoms with Crippen molar-refractivity contribution in [1.29, 1.82) is 0 Å². The van der Waals surface area contributed by atoms with Gasteiger partial charge in [0.2, 0.25) is 0 Å². The molecule has 0 aliphatic rings. The van der Waals surface area contributed by atoms with Crippen molar-refractivity contribution in [3.8, 4) is 0 Å². The van der Waals surface area contributed by atoms with Crippen molar-refractivity contribution in [2.75, 3.05) is 0 Å². The molecule has 0 N–H and O–H groups in total. The van der Waals surface area contributed by atoms with Gasteiger partial charge in [-0.3, -0.25) is 4.79 Å². The van der Waals surface area contributed by atoms with Gasteiger partial charge in [-0.1, -0.05) is 0 Å². The molecule has 0 radical (unpaired) electrons. The molecule has 0 saturated carbocycles. The summed E-state index contributed by atoms with van der Waals surface area (Å²) in [7, 11) is 0. The van der Waals surface area contributed by atoms with Gasteiger partial charge in [0, 0.05) is 0 Å². The number of Topliss-reactive ketones (excluding diaryl/α,β-unsaturated/α-hetero) is 1. The summed E-state index contributed by atoms with van der Waals surface area (Å²) >= 11 is 0. The molecule has 168 valence electrons. The molecule has 0 bridgehead atoms. The van der Waals surface area contributed by atoms with Crippen molar-refractivity contribution in [2.45, 2.75) is 47.9 Å². The van der Waals surface area contributed by atoms with Crippen LogP contribution in [0.4, 0.5) is 79.0 Å². The zero-order valence-electron chi connectivity index (χ0n) is 11.7. The molecule has 0 heterocycles. The summed E-state index contributed by atoms with van der Waals surface area (Å²) < 4.78 is 224. The van der Waals surface area contributed by atoms with Crippen molar-refractivity contribution in [1.82, 2.24) is 0 Å². The van der Waals surface area contributed by atoms with E-state index in [9.17, 15) is 83.8 Å². The number of carbonyl (C=O) groups is 1. The number of halogens is 18. The summed E-state index contributed by atoms with van der Waals surface area (Å²) in [6, 6.07) is 0. The van der Waals surface area contributed by atoms with Crippen LogP contribution in [0.15, 0.2) is 0 Å². The zero-order chi connectivity index (χ0) is 23.6. The maximum atomic E-state index is 13.0. The number of hydrogen-bond donors (Lipinski definition) is 0. The number of ketones is 1. The van der Waals surface area contributed by atoms with Crippen LogP contribution in [-0.4, -0.2) is 53.7 Å². The minimum absolute atomic E-state index is 5.20. The van der Waals surface area contributed by atoms with Crippen LogP contribution in [-0.2, 0) is 4.79 Å². The second-order valence-electron chi connectivity index (χ2n) is 4.77. The lowest BCUT2D eigenvalue weighted by Crippen LogP contribution is -2.73. The van der Waals surface area contributed by atoms with Gasteiger partial charge in [0.1, 0.15) is 0 Å². The largest absolute Gasteiger partial charge is 0.460 e. The van der Waals surface area contributed by atoms with Crippen LogP contribution in [0.5, 0.6) is 0 Å². The Morgan fingerprint density at radius 1 is 0.393 bits per heavy atom. The minimum Gasteiger partial charge on any atom is -0.282 e. The first-order valence-electron chi connectivity index (χ1n) is 5.61. The fraction of sp³-hybridized carbons (Fsp3) is 0.889. The Kier molecular flexibility index (Phi) is 5.85. The molecule has 0 unspecified atom stereocenters. The Morgan fingerprint density at radius 3 is 0.893 bits per heavy atom. The average molecular weight is 466 g/mol. The van der Waals surface area contributed by atoms with Crippen molar-refractivity contribution >= 4 is 5.78 Å². The highest BCUT2D eigenvalue weighted by Crippen LogP contribution is 2.62. The fourth-order valence-electron chi connectivity index (χ4n) is 1.29. The van der Waals surface area contributed by atoms with E-state index in [1.807, 2.05) is 0 Å². The summed E-state index contributed by atoms with van der Waals surface area (Å²) in [5, 5.41) is 0. The standard InChI is InChI=1S/C9F18O/c10-2(11,1(28)3(12,13)14)4(15,16)5(17,18)6(19,20)7(21,22)8(23,24)9(25,26)27. The van der Waals surface area contributed by atoms with E-state index in [1.54, 1.807) is 0 Å². The lowest BCUT2D eigenvalue weighted by molar-refractivity contribution is -0.450. The predicted octanol–water partition coefficient (Wildman–Crippen LogP) is 5.49. The summed E-state index contributed by atoms with van der Waals surface area (Å²) in [4.78, 5) is 10.1. The minimum atomic E-state index is -8.75. The molecule has 0 spiro atoms. The highest BCUT2D eigenvalue weighted by molar-refractivity contribution is 5.91. The Morgan fingerprint density at radius 2 is 0.643 bits per heavy atom. The maximum absolute atomic E-state index is 13.0. The molecule has 0 atom stereocenters. The predicted molar refractivity (Wildman–Crippen MR) is 46.8 cm³/mol. The van der Waals surface area contributed by atoms with E-state index in [0.717, 1.165) is 0 Å². The van der Waals surface area contributed by atoms with Crippen molar-refractivity contribution in [2.24, 2.45) is 0 Å². The van der Waals surface area contributed by atoms with Gasteiger partial charge in [0.05, 0.1) is 0 Å². The maximum Gasteiger partial charge on any atom is 0.460 e. The highest BCUT2D eigenvalue weighted by Gasteiger charge is 2.94. The van der Waals surface area contributed by atoms with Gasteiger partial charge in [0.25, 0.3) is 0 Å². The lowest BCUT2D eigenvalue weighted by Gasteiger charge is -2.41. The van der Waals surface area contributed by atoms with Crippen LogP contribution in [0.3, 0.4) is 0 Å². The van der Waals surface area contributed by atoms with Gasteiger partial charge < -0.3 is 0 Å². The Hall–Kier alpha value is -1.59. The van der Waals surface area contributed by atoms with E-state index in [4.69, 9.17) is 0 Å². The summed E-state index contributed by atoms with van der Waals surface area (Å²) in [5.74, 6) is -56.0. The van der Waals surface area contributed by atoms with Gasteiger partial charge in [-0.15, -0.1) is 0 Å². The van der Waals surface area contributed by atoms with E-state index < -0.39 is 53.7 Å². The van der Waals surface area contributed by atoms with Crippen LogP contribution in [0.1, 0.15) is 0 Å². The van der Waals surface area contributed by atoms with Crippen LogP contribution in [0.25, 0.3) is 0 Å². The Bertz CT molecular complexity index is 606. The number of rotatable bonds is 6. The quantitative estimate of drug-likeness (QED) is 0.474. The van der Waals surface area contributed by atoms with Crippen LogP contribution < -0.4 is 0 Å². The topological polar surface area (TPSA) is 17.1 Å². The molecule has 0 aromatic rings. The summed E-state index contributed by atoms with van der Waals surface area (Å²) in [6.07, 6.45) is -15.0. The molecule has 0 aliphatic heterocycles. The molecule has 28 heavy (non-hydrogen) atoms. The van der Waals surface area contributed by atoms with Crippen LogP contribution in [0, 0.1) is 0 Å². The molecule has 0 aliphatic carbocycles. The van der Waals surface area contributed by atoms with Gasteiger partial charge in [0.15, 0.2) is 0 Å². The Labute approximate surface area is 139 Å². The normalized spacial score (nSPS) is 16.4. The molecule has 0 rings (SSSR count). The fourth-order valence-corrected chi connectivity index (χ4v) is 1.29. The molecule has 0 aromatic carbocycles. The van der Waals surface area contributed by atoms with E-state index >= 15 is 0 Å².